The van der Waals surface area contributed by atoms with Gasteiger partial charge in [0.05, 0.1) is 32.9 Å². The molecular weight excluding hydrogens is 356 g/mol. The predicted molar refractivity (Wildman–Crippen MR) is 99.7 cm³/mol. The van der Waals surface area contributed by atoms with E-state index in [9.17, 15) is 9.59 Å². The predicted octanol–water partition coefficient (Wildman–Crippen LogP) is 2.92. The van der Waals surface area contributed by atoms with E-state index in [2.05, 4.69) is 10.3 Å². The first-order chi connectivity index (χ1) is 12.5. The van der Waals surface area contributed by atoms with Crippen LogP contribution in [0.4, 0.5) is 5.13 Å². The molecule has 0 saturated heterocycles. The summed E-state index contributed by atoms with van der Waals surface area (Å²) in [7, 11) is 3.11. The summed E-state index contributed by atoms with van der Waals surface area (Å²) in [6, 6.07) is 5.34. The van der Waals surface area contributed by atoms with Gasteiger partial charge in [0.25, 0.3) is 0 Å². The van der Waals surface area contributed by atoms with Crippen LogP contribution < -0.4 is 14.8 Å². The SMILES string of the molecule is CCOC(=O)Cc1csc(NC(=O)C=Cc2ccc(OC)c(OC)c2)n1. The molecular formula is C18H20N2O5S. The van der Waals surface area contributed by atoms with Gasteiger partial charge < -0.3 is 14.2 Å². The number of benzene rings is 1. The number of esters is 1. The Labute approximate surface area is 155 Å². The first-order valence-electron chi connectivity index (χ1n) is 7.86. The van der Waals surface area contributed by atoms with Crippen LogP contribution in [0.25, 0.3) is 6.08 Å². The lowest BCUT2D eigenvalue weighted by Crippen LogP contribution is -2.09. The number of ether oxygens (including phenoxy) is 3. The minimum atomic E-state index is -0.343. The second-order valence-electron chi connectivity index (χ2n) is 5.06. The molecule has 8 heteroatoms. The Morgan fingerprint density at radius 3 is 2.69 bits per heavy atom. The number of hydrogen-bond acceptors (Lipinski definition) is 7. The Hall–Kier alpha value is -2.87. The molecule has 2 rings (SSSR count). The van der Waals surface area contributed by atoms with E-state index >= 15 is 0 Å². The number of carbonyl (C=O) groups is 2. The number of thiazole rings is 1. The van der Waals surface area contributed by atoms with Crippen LogP contribution in [0.5, 0.6) is 11.5 Å². The molecule has 0 saturated carbocycles. The van der Waals surface area contributed by atoms with Gasteiger partial charge >= 0.3 is 5.97 Å². The maximum atomic E-state index is 12.0. The molecule has 26 heavy (non-hydrogen) atoms. The van der Waals surface area contributed by atoms with E-state index in [1.807, 2.05) is 6.07 Å². The van der Waals surface area contributed by atoms with Gasteiger partial charge in [0, 0.05) is 11.5 Å². The van der Waals surface area contributed by atoms with Crippen LogP contribution in [0.3, 0.4) is 0 Å². The average molecular weight is 376 g/mol. The highest BCUT2D eigenvalue weighted by atomic mass is 32.1. The van der Waals surface area contributed by atoms with Crippen LogP contribution in [-0.4, -0.2) is 37.7 Å². The third kappa shape index (κ3) is 5.59. The first kappa shape index (κ1) is 19.5. The number of methoxy groups -OCH3 is 2. The maximum Gasteiger partial charge on any atom is 0.311 e. The highest BCUT2D eigenvalue weighted by molar-refractivity contribution is 7.14. The molecule has 0 aliphatic carbocycles. The zero-order valence-corrected chi connectivity index (χ0v) is 15.6. The lowest BCUT2D eigenvalue weighted by atomic mass is 10.2. The Morgan fingerprint density at radius 1 is 1.23 bits per heavy atom. The minimum Gasteiger partial charge on any atom is -0.493 e. The summed E-state index contributed by atoms with van der Waals surface area (Å²) in [5.74, 6) is 0.533. The number of carbonyl (C=O) groups excluding carboxylic acids is 2. The largest absolute Gasteiger partial charge is 0.493 e. The van der Waals surface area contributed by atoms with Gasteiger partial charge in [0.1, 0.15) is 0 Å². The van der Waals surface area contributed by atoms with Crippen molar-refractivity contribution in [2.75, 3.05) is 26.1 Å². The molecule has 1 aromatic heterocycles. The zero-order chi connectivity index (χ0) is 18.9. The number of hydrogen-bond donors (Lipinski definition) is 1. The number of nitrogens with zero attached hydrogens (tertiary/aromatic N) is 1. The monoisotopic (exact) mass is 376 g/mol. The van der Waals surface area contributed by atoms with Crippen molar-refractivity contribution in [2.24, 2.45) is 0 Å². The normalized spacial score (nSPS) is 10.6. The summed E-state index contributed by atoms with van der Waals surface area (Å²) in [6.45, 7) is 2.07. The smallest absolute Gasteiger partial charge is 0.311 e. The van der Waals surface area contributed by atoms with Crippen molar-refractivity contribution in [3.8, 4) is 11.5 Å². The summed E-state index contributed by atoms with van der Waals surface area (Å²) in [4.78, 5) is 27.6. The topological polar surface area (TPSA) is 86.8 Å². The average Bonchev–Trinajstić information content (AvgIpc) is 3.06. The quantitative estimate of drug-likeness (QED) is 0.563. The van der Waals surface area contributed by atoms with Gasteiger partial charge in [-0.25, -0.2) is 4.98 Å². The van der Waals surface area contributed by atoms with Crippen molar-refractivity contribution in [1.29, 1.82) is 0 Å². The molecule has 0 fully saturated rings. The van der Waals surface area contributed by atoms with E-state index in [4.69, 9.17) is 14.2 Å². The Bertz CT molecular complexity index is 801. The molecule has 0 radical (unpaired) electrons. The minimum absolute atomic E-state index is 0.0850. The van der Waals surface area contributed by atoms with E-state index in [0.717, 1.165) is 5.56 Å². The number of rotatable bonds is 8. The van der Waals surface area contributed by atoms with Crippen LogP contribution in [-0.2, 0) is 20.7 Å². The Morgan fingerprint density at radius 2 is 2.00 bits per heavy atom. The highest BCUT2D eigenvalue weighted by Crippen LogP contribution is 2.28. The molecule has 0 aliphatic rings. The third-order valence-electron chi connectivity index (χ3n) is 3.25. The Balaban J connectivity index is 1.95. The van der Waals surface area contributed by atoms with Crippen LogP contribution in [0.1, 0.15) is 18.2 Å². The van der Waals surface area contributed by atoms with Gasteiger partial charge in [-0.3, -0.25) is 14.9 Å². The second-order valence-corrected chi connectivity index (χ2v) is 5.92. The summed E-state index contributed by atoms with van der Waals surface area (Å²) in [5, 5.41) is 4.80. The molecule has 1 amide bonds. The summed E-state index contributed by atoms with van der Waals surface area (Å²) >= 11 is 1.25. The van der Waals surface area contributed by atoms with Crippen LogP contribution >= 0.6 is 11.3 Å². The van der Waals surface area contributed by atoms with Crippen molar-refractivity contribution < 1.29 is 23.8 Å². The lowest BCUT2D eigenvalue weighted by molar-refractivity contribution is -0.142. The van der Waals surface area contributed by atoms with Crippen LogP contribution in [0.2, 0.25) is 0 Å². The van der Waals surface area contributed by atoms with E-state index in [0.29, 0.717) is 28.9 Å². The maximum absolute atomic E-state index is 12.0. The third-order valence-corrected chi connectivity index (χ3v) is 4.05. The van der Waals surface area contributed by atoms with Gasteiger partial charge in [-0.05, 0) is 30.7 Å². The molecule has 1 N–H and O–H groups in total. The van der Waals surface area contributed by atoms with Crippen molar-refractivity contribution >= 4 is 34.4 Å². The van der Waals surface area contributed by atoms with Gasteiger partial charge in [-0.15, -0.1) is 11.3 Å². The number of aromatic nitrogens is 1. The molecule has 7 nitrogen and oxygen atoms in total. The lowest BCUT2D eigenvalue weighted by Gasteiger charge is -2.07. The number of anilines is 1. The van der Waals surface area contributed by atoms with Crippen LogP contribution in [0, 0.1) is 0 Å². The Kier molecular flexibility index (Phi) is 7.16. The summed E-state index contributed by atoms with van der Waals surface area (Å²) in [5.41, 5.74) is 1.35. The standard InChI is InChI=1S/C18H20N2O5S/c1-4-25-17(22)10-13-11-26-18(19-13)20-16(21)8-6-12-5-7-14(23-2)15(9-12)24-3/h5-9,11H,4,10H2,1-3H3,(H,19,20,21). The van der Waals surface area contributed by atoms with E-state index in [1.165, 1.54) is 17.4 Å². The fourth-order valence-corrected chi connectivity index (χ4v) is 2.79. The molecule has 2 aromatic rings. The molecule has 138 valence electrons. The molecule has 0 atom stereocenters. The summed E-state index contributed by atoms with van der Waals surface area (Å²) in [6.07, 6.45) is 3.14. The van der Waals surface area contributed by atoms with Gasteiger partial charge in [-0.2, -0.15) is 0 Å². The highest BCUT2D eigenvalue weighted by Gasteiger charge is 2.09. The van der Waals surface area contributed by atoms with Crippen molar-refractivity contribution in [3.63, 3.8) is 0 Å². The number of nitrogens with one attached hydrogen (secondary N) is 1. The molecule has 0 spiro atoms. The van der Waals surface area contributed by atoms with E-state index < -0.39 is 0 Å². The molecule has 1 aromatic carbocycles. The fraction of sp³-hybridized carbons (Fsp3) is 0.278. The van der Waals surface area contributed by atoms with Gasteiger partial charge in [-0.1, -0.05) is 6.07 Å². The molecule has 1 heterocycles. The second kappa shape index (κ2) is 9.57. The van der Waals surface area contributed by atoms with E-state index in [-0.39, 0.29) is 18.3 Å². The van der Waals surface area contributed by atoms with Crippen molar-refractivity contribution in [1.82, 2.24) is 4.98 Å². The van der Waals surface area contributed by atoms with Crippen LogP contribution in [0.15, 0.2) is 29.7 Å². The summed E-state index contributed by atoms with van der Waals surface area (Å²) < 4.78 is 15.3. The zero-order valence-electron chi connectivity index (χ0n) is 14.8. The number of amides is 1. The molecule has 0 bridgehead atoms. The first-order valence-corrected chi connectivity index (χ1v) is 8.74. The van der Waals surface area contributed by atoms with Crippen molar-refractivity contribution in [2.45, 2.75) is 13.3 Å². The fourth-order valence-electron chi connectivity index (χ4n) is 2.08. The molecule has 0 aliphatic heterocycles. The van der Waals surface area contributed by atoms with E-state index in [1.54, 1.807) is 44.7 Å². The van der Waals surface area contributed by atoms with Gasteiger partial charge in [0.2, 0.25) is 5.91 Å². The van der Waals surface area contributed by atoms with Crippen molar-refractivity contribution in [3.05, 3.63) is 40.9 Å². The van der Waals surface area contributed by atoms with Gasteiger partial charge in [0.15, 0.2) is 16.6 Å². The molecule has 0 unspecified atom stereocenters.